The Morgan fingerprint density at radius 1 is 1.40 bits per heavy atom. The highest BCUT2D eigenvalue weighted by molar-refractivity contribution is 5.87. The summed E-state index contributed by atoms with van der Waals surface area (Å²) in [6.07, 6.45) is 0.914. The van der Waals surface area contributed by atoms with Crippen LogP contribution in [0.5, 0.6) is 5.75 Å². The second-order valence-corrected chi connectivity index (χ2v) is 2.68. The van der Waals surface area contributed by atoms with Gasteiger partial charge >= 0.3 is 5.97 Å². The molecule has 0 aliphatic carbocycles. The van der Waals surface area contributed by atoms with Crippen LogP contribution in [-0.4, -0.2) is 17.7 Å². The zero-order valence-electron chi connectivity index (χ0n) is 9.49. The summed E-state index contributed by atoms with van der Waals surface area (Å²) in [7, 11) is 0. The van der Waals surface area contributed by atoms with Gasteiger partial charge in [0.25, 0.3) is 0 Å². The molecule has 3 heteroatoms. The number of carboxylic acids is 1. The number of hydrogen-bond acceptors (Lipinski definition) is 2. The van der Waals surface area contributed by atoms with Crippen LogP contribution in [0.25, 0.3) is 0 Å². The Labute approximate surface area is 90.7 Å². The number of aromatic carboxylic acids is 1. The molecular weight excluding hydrogens is 192 g/mol. The number of carboxylic acid groups (broad SMARTS) is 1. The predicted octanol–water partition coefficient (Wildman–Crippen LogP) is 3.20. The second kappa shape index (κ2) is 7.85. The minimum Gasteiger partial charge on any atom is -0.494 e. The van der Waals surface area contributed by atoms with Crippen molar-refractivity contribution in [1.82, 2.24) is 0 Å². The molecule has 0 heterocycles. The fourth-order valence-electron chi connectivity index (χ4n) is 0.939. The van der Waals surface area contributed by atoms with Gasteiger partial charge in [-0.3, -0.25) is 0 Å². The molecule has 0 radical (unpaired) electrons. The molecule has 1 rings (SSSR count). The molecule has 1 aromatic rings. The van der Waals surface area contributed by atoms with E-state index in [2.05, 4.69) is 0 Å². The summed E-state index contributed by atoms with van der Waals surface area (Å²) in [6.45, 7) is 6.62. The van der Waals surface area contributed by atoms with E-state index in [0.717, 1.165) is 6.42 Å². The van der Waals surface area contributed by atoms with Gasteiger partial charge in [0.2, 0.25) is 0 Å². The fourth-order valence-corrected chi connectivity index (χ4v) is 0.939. The van der Waals surface area contributed by atoms with Gasteiger partial charge in [0, 0.05) is 0 Å². The van der Waals surface area contributed by atoms with E-state index in [1.807, 2.05) is 20.8 Å². The number of benzene rings is 1. The first kappa shape index (κ1) is 13.5. The summed E-state index contributed by atoms with van der Waals surface area (Å²) < 4.78 is 5.28. The lowest BCUT2D eigenvalue weighted by Gasteiger charge is -2.04. The van der Waals surface area contributed by atoms with Crippen LogP contribution >= 0.6 is 0 Å². The third-order valence-electron chi connectivity index (χ3n) is 1.55. The van der Waals surface area contributed by atoms with Gasteiger partial charge in [-0.15, -0.1) is 0 Å². The summed E-state index contributed by atoms with van der Waals surface area (Å²) in [6, 6.07) is 6.50. The summed E-state index contributed by atoms with van der Waals surface area (Å²) in [4.78, 5) is 10.6. The quantitative estimate of drug-likeness (QED) is 0.830. The van der Waals surface area contributed by atoms with Gasteiger partial charge in [0.05, 0.1) is 12.2 Å². The molecule has 1 aromatic carbocycles. The Kier molecular flexibility index (Phi) is 7.06. The van der Waals surface area contributed by atoms with E-state index < -0.39 is 5.97 Å². The van der Waals surface area contributed by atoms with Crippen molar-refractivity contribution in [2.24, 2.45) is 0 Å². The summed E-state index contributed by atoms with van der Waals surface area (Å²) in [5, 5.41) is 8.68. The van der Waals surface area contributed by atoms with Crippen LogP contribution in [0.4, 0.5) is 0 Å². The van der Waals surface area contributed by atoms with E-state index in [1.54, 1.807) is 18.2 Å². The Morgan fingerprint density at radius 2 is 2.07 bits per heavy atom. The standard InChI is InChI=1S/C10H12O3.C2H6/c1-2-6-13-9-5-3-4-8(7-9)10(11)12;1-2/h3-5,7H,2,6H2,1H3,(H,11,12);1-2H3. The van der Waals surface area contributed by atoms with Crippen molar-refractivity contribution >= 4 is 5.97 Å². The average molecular weight is 210 g/mol. The van der Waals surface area contributed by atoms with E-state index >= 15 is 0 Å². The lowest BCUT2D eigenvalue weighted by Crippen LogP contribution is -1.99. The first-order chi connectivity index (χ1) is 7.24. The molecule has 0 saturated carbocycles. The monoisotopic (exact) mass is 210 g/mol. The van der Waals surface area contributed by atoms with E-state index in [0.29, 0.717) is 12.4 Å². The molecule has 1 N–H and O–H groups in total. The van der Waals surface area contributed by atoms with Gasteiger partial charge < -0.3 is 9.84 Å². The maximum Gasteiger partial charge on any atom is 0.335 e. The molecule has 0 aromatic heterocycles. The van der Waals surface area contributed by atoms with E-state index in [4.69, 9.17) is 9.84 Å². The normalized spacial score (nSPS) is 8.73. The lowest BCUT2D eigenvalue weighted by molar-refractivity contribution is 0.0696. The van der Waals surface area contributed by atoms with Gasteiger partial charge in [-0.2, -0.15) is 0 Å². The van der Waals surface area contributed by atoms with Crippen molar-refractivity contribution in [2.75, 3.05) is 6.61 Å². The van der Waals surface area contributed by atoms with Crippen LogP contribution < -0.4 is 4.74 Å². The molecular formula is C12H18O3. The zero-order valence-corrected chi connectivity index (χ0v) is 9.49. The Morgan fingerprint density at radius 3 is 2.60 bits per heavy atom. The van der Waals surface area contributed by atoms with Crippen LogP contribution in [0.2, 0.25) is 0 Å². The van der Waals surface area contributed by atoms with Gasteiger partial charge in [-0.25, -0.2) is 4.79 Å². The van der Waals surface area contributed by atoms with Crippen LogP contribution in [0, 0.1) is 0 Å². The fraction of sp³-hybridized carbons (Fsp3) is 0.417. The molecule has 0 aliphatic rings. The Hall–Kier alpha value is -1.51. The highest BCUT2D eigenvalue weighted by atomic mass is 16.5. The van der Waals surface area contributed by atoms with E-state index in [1.165, 1.54) is 6.07 Å². The number of carbonyl (C=O) groups is 1. The van der Waals surface area contributed by atoms with E-state index in [-0.39, 0.29) is 5.56 Å². The minimum atomic E-state index is -0.929. The maximum atomic E-state index is 10.6. The van der Waals surface area contributed by atoms with Crippen molar-refractivity contribution in [3.8, 4) is 5.75 Å². The van der Waals surface area contributed by atoms with Crippen LogP contribution in [0.3, 0.4) is 0 Å². The van der Waals surface area contributed by atoms with Gasteiger partial charge in [-0.1, -0.05) is 26.8 Å². The number of rotatable bonds is 4. The zero-order chi connectivity index (χ0) is 11.7. The van der Waals surface area contributed by atoms with Crippen LogP contribution in [0.15, 0.2) is 24.3 Å². The lowest BCUT2D eigenvalue weighted by atomic mass is 10.2. The summed E-state index contributed by atoms with van der Waals surface area (Å²) in [5.41, 5.74) is 0.258. The van der Waals surface area contributed by atoms with Crippen molar-refractivity contribution in [1.29, 1.82) is 0 Å². The largest absolute Gasteiger partial charge is 0.494 e. The summed E-state index contributed by atoms with van der Waals surface area (Å²) in [5.74, 6) is -0.316. The molecule has 0 fully saturated rings. The van der Waals surface area contributed by atoms with Crippen molar-refractivity contribution < 1.29 is 14.6 Å². The van der Waals surface area contributed by atoms with Crippen molar-refractivity contribution in [3.05, 3.63) is 29.8 Å². The third kappa shape index (κ3) is 5.05. The Bertz CT molecular complexity index is 295. The molecule has 0 bridgehead atoms. The van der Waals surface area contributed by atoms with E-state index in [9.17, 15) is 4.79 Å². The maximum absolute atomic E-state index is 10.6. The topological polar surface area (TPSA) is 46.5 Å². The van der Waals surface area contributed by atoms with Gasteiger partial charge in [-0.05, 0) is 24.6 Å². The second-order valence-electron chi connectivity index (χ2n) is 2.68. The first-order valence-corrected chi connectivity index (χ1v) is 5.20. The number of hydrogen-bond donors (Lipinski definition) is 1. The molecule has 0 atom stereocenters. The number of ether oxygens (including phenoxy) is 1. The predicted molar refractivity (Wildman–Crippen MR) is 60.5 cm³/mol. The molecule has 15 heavy (non-hydrogen) atoms. The Balaban J connectivity index is 0.000000921. The summed E-state index contributed by atoms with van der Waals surface area (Å²) >= 11 is 0. The third-order valence-corrected chi connectivity index (χ3v) is 1.55. The van der Waals surface area contributed by atoms with Crippen molar-refractivity contribution in [2.45, 2.75) is 27.2 Å². The van der Waals surface area contributed by atoms with Crippen LogP contribution in [0.1, 0.15) is 37.6 Å². The van der Waals surface area contributed by atoms with Crippen LogP contribution in [-0.2, 0) is 0 Å². The average Bonchev–Trinajstić information content (AvgIpc) is 2.29. The first-order valence-electron chi connectivity index (χ1n) is 5.20. The highest BCUT2D eigenvalue weighted by Gasteiger charge is 2.02. The SMILES string of the molecule is CC.CCCOc1cccc(C(=O)O)c1. The molecule has 0 amide bonds. The molecule has 0 saturated heterocycles. The molecule has 0 spiro atoms. The minimum absolute atomic E-state index is 0.258. The molecule has 84 valence electrons. The van der Waals surface area contributed by atoms with Gasteiger partial charge in [0.1, 0.15) is 5.75 Å². The smallest absolute Gasteiger partial charge is 0.335 e. The molecule has 0 unspecified atom stereocenters. The van der Waals surface area contributed by atoms with Gasteiger partial charge in [0.15, 0.2) is 0 Å². The highest BCUT2D eigenvalue weighted by Crippen LogP contribution is 2.13. The molecule has 0 aliphatic heterocycles. The van der Waals surface area contributed by atoms with Crippen molar-refractivity contribution in [3.63, 3.8) is 0 Å². The molecule has 3 nitrogen and oxygen atoms in total.